The Morgan fingerprint density at radius 2 is 1.74 bits per heavy atom. The number of H-pyrrole nitrogens is 1. The number of allylic oxidation sites excluding steroid dienone is 2. The molecular weight excluding hydrogens is 340 g/mol. The first kappa shape index (κ1) is 20.6. The summed E-state index contributed by atoms with van der Waals surface area (Å²) in [6, 6.07) is 0. The Kier molecular flexibility index (Phi) is 5.98. The van der Waals surface area contributed by atoms with Gasteiger partial charge < -0.3 is 9.55 Å². The molecule has 27 heavy (non-hydrogen) atoms. The highest BCUT2D eigenvalue weighted by atomic mass is 16.1. The van der Waals surface area contributed by atoms with Crippen molar-refractivity contribution < 1.29 is 9.59 Å². The fourth-order valence-electron chi connectivity index (χ4n) is 2.43. The lowest BCUT2D eigenvalue weighted by atomic mass is 9.83. The molecule has 0 radical (unpaired) electrons. The summed E-state index contributed by atoms with van der Waals surface area (Å²) >= 11 is 0. The largest absolute Gasteiger partial charge is 0.342 e. The predicted octanol–water partition coefficient (Wildman–Crippen LogP) is 3.62. The number of aromatic amines is 1. The van der Waals surface area contributed by atoms with E-state index in [2.05, 4.69) is 15.0 Å². The third kappa shape index (κ3) is 5.61. The molecule has 0 unspecified atom stereocenters. The van der Waals surface area contributed by atoms with E-state index in [0.717, 1.165) is 11.5 Å². The Bertz CT molecular complexity index is 876. The highest BCUT2D eigenvalue weighted by Crippen LogP contribution is 2.23. The standard InChI is InChI=1S/C21H28N4O2/c1-20(2,3)16(26)7-9-18-23-14-15(24-18)13-21(4,5)17(27)8-10-19-22-11-12-25(19)6/h7-12,14H,13H2,1-6H3,(H,23,24)/b9-7+,10-8+. The minimum Gasteiger partial charge on any atom is -0.342 e. The number of imidazole rings is 2. The number of ketones is 2. The zero-order valence-electron chi connectivity index (χ0n) is 16.9. The van der Waals surface area contributed by atoms with Crippen molar-refractivity contribution in [3.05, 3.63) is 48.1 Å². The maximum Gasteiger partial charge on any atom is 0.161 e. The van der Waals surface area contributed by atoms with E-state index in [-0.39, 0.29) is 11.6 Å². The highest BCUT2D eigenvalue weighted by Gasteiger charge is 2.26. The summed E-state index contributed by atoms with van der Waals surface area (Å²) in [6.45, 7) is 9.43. The van der Waals surface area contributed by atoms with E-state index < -0.39 is 10.8 Å². The predicted molar refractivity (Wildman–Crippen MR) is 107 cm³/mol. The lowest BCUT2D eigenvalue weighted by Gasteiger charge is -2.20. The molecule has 0 amide bonds. The fraction of sp³-hybridized carbons (Fsp3) is 0.429. The van der Waals surface area contributed by atoms with E-state index in [0.29, 0.717) is 12.2 Å². The molecular formula is C21H28N4O2. The molecule has 0 fully saturated rings. The molecule has 0 aromatic carbocycles. The number of hydrogen-bond acceptors (Lipinski definition) is 4. The second kappa shape index (κ2) is 7.86. The number of aromatic nitrogens is 4. The van der Waals surface area contributed by atoms with Crippen LogP contribution in [0, 0.1) is 10.8 Å². The van der Waals surface area contributed by atoms with Crippen molar-refractivity contribution in [2.24, 2.45) is 17.9 Å². The van der Waals surface area contributed by atoms with E-state index in [4.69, 9.17) is 0 Å². The summed E-state index contributed by atoms with van der Waals surface area (Å²) in [5.41, 5.74) is -0.155. The lowest BCUT2D eigenvalue weighted by molar-refractivity contribution is -0.122. The third-order valence-electron chi connectivity index (χ3n) is 4.32. The number of nitrogens with one attached hydrogen (secondary N) is 1. The van der Waals surface area contributed by atoms with Gasteiger partial charge in [0.15, 0.2) is 11.6 Å². The van der Waals surface area contributed by atoms with Crippen molar-refractivity contribution in [2.75, 3.05) is 0 Å². The quantitative estimate of drug-likeness (QED) is 0.757. The first-order chi connectivity index (χ1) is 12.5. The van der Waals surface area contributed by atoms with E-state index in [1.54, 1.807) is 30.6 Å². The van der Waals surface area contributed by atoms with Crippen molar-refractivity contribution in [2.45, 2.75) is 41.0 Å². The number of carbonyl (C=O) groups is 2. The van der Waals surface area contributed by atoms with Gasteiger partial charge in [0, 0.05) is 48.6 Å². The molecule has 1 N–H and O–H groups in total. The van der Waals surface area contributed by atoms with Gasteiger partial charge in [-0.2, -0.15) is 0 Å². The van der Waals surface area contributed by atoms with Gasteiger partial charge >= 0.3 is 0 Å². The average molecular weight is 368 g/mol. The molecule has 144 valence electrons. The molecule has 6 heteroatoms. The smallest absolute Gasteiger partial charge is 0.161 e. The molecule has 0 aliphatic heterocycles. The van der Waals surface area contributed by atoms with Gasteiger partial charge in [-0.05, 0) is 24.3 Å². The van der Waals surface area contributed by atoms with Crippen molar-refractivity contribution in [1.82, 2.24) is 19.5 Å². The van der Waals surface area contributed by atoms with Crippen LogP contribution in [0.5, 0.6) is 0 Å². The van der Waals surface area contributed by atoms with Gasteiger partial charge in [0.1, 0.15) is 11.6 Å². The van der Waals surface area contributed by atoms with Crippen LogP contribution in [0.25, 0.3) is 12.2 Å². The molecule has 0 saturated heterocycles. The first-order valence-corrected chi connectivity index (χ1v) is 8.95. The summed E-state index contributed by atoms with van der Waals surface area (Å²) in [6.07, 6.45) is 12.3. The molecule has 6 nitrogen and oxygen atoms in total. The number of carbonyl (C=O) groups excluding carboxylic acids is 2. The van der Waals surface area contributed by atoms with E-state index in [1.807, 2.05) is 52.4 Å². The van der Waals surface area contributed by atoms with Crippen LogP contribution >= 0.6 is 0 Å². The summed E-state index contributed by atoms with van der Waals surface area (Å²) < 4.78 is 1.85. The van der Waals surface area contributed by atoms with Gasteiger partial charge in [0.25, 0.3) is 0 Å². The molecule has 0 saturated carbocycles. The molecule has 0 aliphatic rings. The molecule has 0 bridgehead atoms. The van der Waals surface area contributed by atoms with Gasteiger partial charge in [-0.1, -0.05) is 34.6 Å². The molecule has 2 aromatic rings. The summed E-state index contributed by atoms with van der Waals surface area (Å²) in [4.78, 5) is 36.2. The minimum atomic E-state index is -0.587. The highest BCUT2D eigenvalue weighted by molar-refractivity contribution is 5.97. The Balaban J connectivity index is 2.03. The van der Waals surface area contributed by atoms with Crippen molar-refractivity contribution in [3.8, 4) is 0 Å². The van der Waals surface area contributed by atoms with Crippen LogP contribution in [0.15, 0.2) is 30.7 Å². The van der Waals surface area contributed by atoms with E-state index >= 15 is 0 Å². The van der Waals surface area contributed by atoms with Crippen molar-refractivity contribution in [3.63, 3.8) is 0 Å². The Morgan fingerprint density at radius 3 is 2.33 bits per heavy atom. The number of nitrogens with zero attached hydrogens (tertiary/aromatic N) is 3. The SMILES string of the molecule is Cn1ccnc1/C=C/C(=O)C(C)(C)Cc1cnc(/C=C/C(=O)C(C)(C)C)[nH]1. The fourth-order valence-corrected chi connectivity index (χ4v) is 2.43. The second-order valence-corrected chi connectivity index (χ2v) is 8.40. The zero-order valence-corrected chi connectivity index (χ0v) is 16.9. The Labute approximate surface area is 160 Å². The van der Waals surface area contributed by atoms with Crippen LogP contribution in [0.1, 0.15) is 52.0 Å². The number of aryl methyl sites for hydroxylation is 1. The minimum absolute atomic E-state index is 0.0140. The molecule has 2 heterocycles. The van der Waals surface area contributed by atoms with Crippen molar-refractivity contribution >= 4 is 23.7 Å². The van der Waals surface area contributed by atoms with Crippen LogP contribution in [-0.4, -0.2) is 31.1 Å². The number of rotatable bonds is 7. The van der Waals surface area contributed by atoms with Crippen LogP contribution in [0.2, 0.25) is 0 Å². The number of hydrogen-bond donors (Lipinski definition) is 1. The van der Waals surface area contributed by atoms with Crippen LogP contribution in [0.3, 0.4) is 0 Å². The van der Waals surface area contributed by atoms with Gasteiger partial charge in [-0.15, -0.1) is 0 Å². The molecule has 2 rings (SSSR count). The zero-order chi connectivity index (χ0) is 20.2. The molecule has 0 atom stereocenters. The van der Waals surface area contributed by atoms with Crippen LogP contribution in [0.4, 0.5) is 0 Å². The third-order valence-corrected chi connectivity index (χ3v) is 4.32. The van der Waals surface area contributed by atoms with Gasteiger partial charge in [-0.3, -0.25) is 9.59 Å². The lowest BCUT2D eigenvalue weighted by Crippen LogP contribution is -2.25. The second-order valence-electron chi connectivity index (χ2n) is 8.40. The van der Waals surface area contributed by atoms with E-state index in [1.165, 1.54) is 6.08 Å². The van der Waals surface area contributed by atoms with Gasteiger partial charge in [0.2, 0.25) is 0 Å². The van der Waals surface area contributed by atoms with Crippen LogP contribution < -0.4 is 0 Å². The van der Waals surface area contributed by atoms with Crippen LogP contribution in [-0.2, 0) is 23.1 Å². The maximum atomic E-state index is 12.6. The maximum absolute atomic E-state index is 12.6. The molecule has 0 aliphatic carbocycles. The summed E-state index contributed by atoms with van der Waals surface area (Å²) in [5, 5.41) is 0. The van der Waals surface area contributed by atoms with Crippen molar-refractivity contribution in [1.29, 1.82) is 0 Å². The first-order valence-electron chi connectivity index (χ1n) is 8.95. The monoisotopic (exact) mass is 368 g/mol. The molecule has 0 spiro atoms. The molecule has 2 aromatic heterocycles. The topological polar surface area (TPSA) is 80.6 Å². The van der Waals surface area contributed by atoms with Gasteiger partial charge in [0.05, 0.1) is 0 Å². The normalized spacial score (nSPS) is 13.0. The summed E-state index contributed by atoms with van der Waals surface area (Å²) in [5.74, 6) is 1.39. The summed E-state index contributed by atoms with van der Waals surface area (Å²) in [7, 11) is 1.88. The Morgan fingerprint density at radius 1 is 1.07 bits per heavy atom. The van der Waals surface area contributed by atoms with E-state index in [9.17, 15) is 9.59 Å². The Hall–Kier alpha value is -2.76. The van der Waals surface area contributed by atoms with Gasteiger partial charge in [-0.25, -0.2) is 9.97 Å². The average Bonchev–Trinajstić information content (AvgIpc) is 3.17.